The Morgan fingerprint density at radius 3 is 2.36 bits per heavy atom. The summed E-state index contributed by atoms with van der Waals surface area (Å²) < 4.78 is 56.5. The minimum absolute atomic E-state index is 0.0413. The number of anilines is 3. The van der Waals surface area contributed by atoms with Crippen LogP contribution in [0.4, 0.5) is 26.0 Å². The van der Waals surface area contributed by atoms with Crippen molar-refractivity contribution in [3.63, 3.8) is 0 Å². The zero-order valence-electron chi connectivity index (χ0n) is 33.0. The molecule has 1 saturated heterocycles. The van der Waals surface area contributed by atoms with Crippen LogP contribution in [0.2, 0.25) is 0 Å². The second-order valence-corrected chi connectivity index (χ2v) is 14.3. The molecule has 61 heavy (non-hydrogen) atoms. The van der Waals surface area contributed by atoms with Crippen LogP contribution in [0, 0.1) is 5.92 Å². The molecule has 4 N–H and O–H groups in total. The van der Waals surface area contributed by atoms with Crippen LogP contribution in [0.5, 0.6) is 0 Å². The summed E-state index contributed by atoms with van der Waals surface area (Å²) in [7, 11) is 0. The molecule has 19 nitrogen and oxygen atoms in total. The van der Waals surface area contributed by atoms with E-state index in [-0.39, 0.29) is 74.2 Å². The quantitative estimate of drug-likeness (QED) is 0.0584. The number of hydrogen-bond acceptors (Lipinski definition) is 15. The van der Waals surface area contributed by atoms with E-state index in [1.54, 1.807) is 30.5 Å². The van der Waals surface area contributed by atoms with Crippen molar-refractivity contribution in [2.45, 2.75) is 44.7 Å². The zero-order valence-corrected chi connectivity index (χ0v) is 33.0. The van der Waals surface area contributed by atoms with Crippen molar-refractivity contribution in [3.05, 3.63) is 71.5 Å². The van der Waals surface area contributed by atoms with Gasteiger partial charge in [0, 0.05) is 43.2 Å². The standard InChI is InChI=1S/C40H45F2N9O10/c41-35(42)34-28(46-36(53)29-23-61-38(47-29)25-8-9-44-31(20-25)45-21-24-4-5-24)22-50(49-34)11-13-58-15-17-60-19-18-59-16-14-57-12-10-43-27-3-1-2-26-33(27)40(56)51(39(26)55)30-6-7-32(52)48-37(30)54/h1-3,8-9,20,22-24,30,35,43H,4-7,10-19,21H2,(H,44,45)(H,46,53)(H,48,52,54). The summed E-state index contributed by atoms with van der Waals surface area (Å²) in [6, 6.07) is 7.25. The third-order valence-electron chi connectivity index (χ3n) is 9.87. The number of amides is 5. The molecule has 3 aromatic heterocycles. The Labute approximate surface area is 347 Å². The van der Waals surface area contributed by atoms with Gasteiger partial charge in [-0.3, -0.25) is 38.9 Å². The molecule has 1 aliphatic carbocycles. The van der Waals surface area contributed by atoms with Gasteiger partial charge in [-0.15, -0.1) is 0 Å². The molecular formula is C40H45F2N9O10. The maximum Gasteiger partial charge on any atom is 0.284 e. The molecule has 3 aliphatic rings. The van der Waals surface area contributed by atoms with Crippen molar-refractivity contribution in [2.75, 3.05) is 81.9 Å². The van der Waals surface area contributed by atoms with Crippen molar-refractivity contribution in [3.8, 4) is 11.5 Å². The number of hydrogen-bond donors (Lipinski definition) is 4. The maximum absolute atomic E-state index is 13.8. The number of fused-ring (bicyclic) bond motifs is 1. The van der Waals surface area contributed by atoms with Crippen LogP contribution in [0.1, 0.15) is 69.0 Å². The molecule has 7 rings (SSSR count). The number of pyridine rings is 1. The number of benzene rings is 1. The van der Waals surface area contributed by atoms with E-state index in [0.717, 1.165) is 17.7 Å². The molecule has 4 aromatic rings. The lowest BCUT2D eigenvalue weighted by atomic mass is 10.0. The van der Waals surface area contributed by atoms with Gasteiger partial charge in [0.25, 0.3) is 24.1 Å². The van der Waals surface area contributed by atoms with Crippen molar-refractivity contribution in [1.82, 2.24) is 30.0 Å². The summed E-state index contributed by atoms with van der Waals surface area (Å²) in [6.45, 7) is 3.50. The number of aromatic nitrogens is 4. The van der Waals surface area contributed by atoms with Crippen LogP contribution in [0.15, 0.2) is 53.4 Å². The Morgan fingerprint density at radius 1 is 0.902 bits per heavy atom. The van der Waals surface area contributed by atoms with Crippen LogP contribution in [-0.4, -0.2) is 126 Å². The lowest BCUT2D eigenvalue weighted by Gasteiger charge is -2.27. The van der Waals surface area contributed by atoms with Crippen LogP contribution >= 0.6 is 0 Å². The van der Waals surface area contributed by atoms with Crippen LogP contribution < -0.4 is 21.3 Å². The van der Waals surface area contributed by atoms with E-state index in [4.69, 9.17) is 23.4 Å². The number of imide groups is 2. The smallest absolute Gasteiger partial charge is 0.284 e. The summed E-state index contributed by atoms with van der Waals surface area (Å²) in [5.74, 6) is -1.50. The predicted octanol–water partition coefficient (Wildman–Crippen LogP) is 3.52. The first kappa shape index (κ1) is 42.9. The van der Waals surface area contributed by atoms with E-state index in [0.29, 0.717) is 56.0 Å². The largest absolute Gasteiger partial charge is 0.444 e. The van der Waals surface area contributed by atoms with Crippen LogP contribution in [0.25, 0.3) is 11.5 Å². The highest BCUT2D eigenvalue weighted by molar-refractivity contribution is 6.25. The fourth-order valence-electron chi connectivity index (χ4n) is 6.58. The molecule has 21 heteroatoms. The normalized spacial score (nSPS) is 16.3. The Bertz CT molecular complexity index is 2210. The molecule has 0 bridgehead atoms. The average Bonchev–Trinajstić information content (AvgIpc) is 3.67. The molecule has 2 fully saturated rings. The highest BCUT2D eigenvalue weighted by atomic mass is 19.3. The number of oxazole rings is 1. The van der Waals surface area contributed by atoms with Gasteiger partial charge in [-0.25, -0.2) is 18.7 Å². The Kier molecular flexibility index (Phi) is 14.4. The summed E-state index contributed by atoms with van der Waals surface area (Å²) >= 11 is 0. The number of nitrogens with zero attached hydrogens (tertiary/aromatic N) is 5. The van der Waals surface area contributed by atoms with Crippen molar-refractivity contribution in [1.29, 1.82) is 0 Å². The monoisotopic (exact) mass is 849 g/mol. The SMILES string of the molecule is O=C1CCC(N2C(=O)c3cccc(NCCOCCOCCOCCOCCn4cc(NC(=O)c5coc(-c6ccnc(NCC7CC7)c6)n5)c(C(F)F)n4)c3C2=O)C(=O)N1. The highest BCUT2D eigenvalue weighted by Gasteiger charge is 2.45. The highest BCUT2D eigenvalue weighted by Crippen LogP contribution is 2.33. The Morgan fingerprint density at radius 2 is 1.64 bits per heavy atom. The van der Waals surface area contributed by atoms with Crippen LogP contribution in [0.3, 0.4) is 0 Å². The van der Waals surface area contributed by atoms with Gasteiger partial charge in [-0.05, 0) is 49.4 Å². The molecule has 1 aromatic carbocycles. The van der Waals surface area contributed by atoms with E-state index in [9.17, 15) is 32.8 Å². The molecule has 2 aliphatic heterocycles. The number of ether oxygens (including phenoxy) is 4. The first-order chi connectivity index (χ1) is 29.7. The van der Waals surface area contributed by atoms with Gasteiger partial charge in [-0.1, -0.05) is 6.07 Å². The fourth-order valence-corrected chi connectivity index (χ4v) is 6.58. The molecule has 1 saturated carbocycles. The van der Waals surface area contributed by atoms with Gasteiger partial charge >= 0.3 is 0 Å². The number of rotatable bonds is 24. The van der Waals surface area contributed by atoms with Gasteiger partial charge < -0.3 is 39.3 Å². The number of carbonyl (C=O) groups excluding carboxylic acids is 5. The van der Waals surface area contributed by atoms with Gasteiger partial charge in [0.2, 0.25) is 17.7 Å². The Balaban J connectivity index is 0.728. The number of nitrogens with one attached hydrogen (secondary N) is 4. The summed E-state index contributed by atoms with van der Waals surface area (Å²) in [6.07, 6.45) is 3.64. The van der Waals surface area contributed by atoms with E-state index in [1.165, 1.54) is 29.8 Å². The number of piperidine rings is 1. The molecule has 1 unspecified atom stereocenters. The van der Waals surface area contributed by atoms with E-state index in [2.05, 4.69) is 36.3 Å². The van der Waals surface area contributed by atoms with Crippen LogP contribution in [-0.2, 0) is 35.1 Å². The molecule has 1 atom stereocenters. The third-order valence-corrected chi connectivity index (χ3v) is 9.87. The third kappa shape index (κ3) is 11.2. The van der Waals surface area contributed by atoms with Crippen molar-refractivity contribution < 1.29 is 56.1 Å². The zero-order chi connectivity index (χ0) is 42.7. The van der Waals surface area contributed by atoms with Gasteiger partial charge in [0.1, 0.15) is 18.1 Å². The predicted molar refractivity (Wildman–Crippen MR) is 211 cm³/mol. The minimum Gasteiger partial charge on any atom is -0.444 e. The van der Waals surface area contributed by atoms with Gasteiger partial charge in [-0.2, -0.15) is 5.10 Å². The maximum atomic E-state index is 13.8. The lowest BCUT2D eigenvalue weighted by molar-refractivity contribution is -0.136. The lowest BCUT2D eigenvalue weighted by Crippen LogP contribution is -2.54. The first-order valence-electron chi connectivity index (χ1n) is 19.9. The molecule has 0 spiro atoms. The number of carbonyl (C=O) groups is 5. The van der Waals surface area contributed by atoms with Crippen molar-refractivity contribution >= 4 is 46.7 Å². The topological polar surface area (TPSA) is 230 Å². The van der Waals surface area contributed by atoms with E-state index >= 15 is 0 Å². The second-order valence-electron chi connectivity index (χ2n) is 14.3. The second kappa shape index (κ2) is 20.4. The molecule has 0 radical (unpaired) electrons. The van der Waals surface area contributed by atoms with Gasteiger partial charge in [0.05, 0.1) is 76.2 Å². The Hall–Kier alpha value is -6.16. The molecule has 324 valence electrons. The molecule has 5 heterocycles. The summed E-state index contributed by atoms with van der Waals surface area (Å²) in [5.41, 5.74) is 0.584. The minimum atomic E-state index is -2.94. The van der Waals surface area contributed by atoms with E-state index < -0.39 is 47.7 Å². The summed E-state index contributed by atoms with van der Waals surface area (Å²) in [5, 5.41) is 14.9. The molecular weight excluding hydrogens is 804 g/mol. The molecule has 5 amide bonds. The number of halogens is 2. The number of alkyl halides is 2. The summed E-state index contributed by atoms with van der Waals surface area (Å²) in [4.78, 5) is 72.4. The van der Waals surface area contributed by atoms with Gasteiger partial charge in [0.15, 0.2) is 11.4 Å². The fraction of sp³-hybridized carbons (Fsp3) is 0.450. The van der Waals surface area contributed by atoms with Crippen molar-refractivity contribution in [2.24, 2.45) is 5.92 Å². The van der Waals surface area contributed by atoms with E-state index in [1.807, 2.05) is 0 Å². The first-order valence-corrected chi connectivity index (χ1v) is 19.9. The average molecular weight is 850 g/mol.